The normalized spacial score (nSPS) is 23.7. The summed E-state index contributed by atoms with van der Waals surface area (Å²) < 4.78 is 5.24. The van der Waals surface area contributed by atoms with Crippen molar-refractivity contribution in [3.05, 3.63) is 22.4 Å². The second kappa shape index (κ2) is 9.35. The molecule has 1 N–H and O–H groups in total. The van der Waals surface area contributed by atoms with Crippen LogP contribution in [0.4, 0.5) is 0 Å². The number of esters is 1. The predicted octanol–water partition coefficient (Wildman–Crippen LogP) is 2.84. The van der Waals surface area contributed by atoms with Gasteiger partial charge in [0, 0.05) is 19.1 Å². The number of amides is 2. The number of carbonyl (C=O) groups excluding carboxylic acids is 3. The van der Waals surface area contributed by atoms with E-state index in [0.29, 0.717) is 31.8 Å². The van der Waals surface area contributed by atoms with E-state index in [1.54, 1.807) is 4.90 Å². The molecule has 1 aliphatic heterocycles. The molecule has 0 unspecified atom stereocenters. The molecular formula is C20H28N2O4S. The summed E-state index contributed by atoms with van der Waals surface area (Å²) >= 11 is 1.43. The lowest BCUT2D eigenvalue weighted by Gasteiger charge is -2.31. The molecule has 1 saturated carbocycles. The second-order valence-corrected chi connectivity index (χ2v) is 8.53. The largest absolute Gasteiger partial charge is 0.455 e. The van der Waals surface area contributed by atoms with Gasteiger partial charge in [-0.25, -0.2) is 0 Å². The Labute approximate surface area is 164 Å². The summed E-state index contributed by atoms with van der Waals surface area (Å²) in [7, 11) is 0. The molecule has 1 aromatic rings. The topological polar surface area (TPSA) is 75.7 Å². The number of hydrogen-bond donors (Lipinski definition) is 1. The van der Waals surface area contributed by atoms with Gasteiger partial charge in [-0.05, 0) is 43.0 Å². The summed E-state index contributed by atoms with van der Waals surface area (Å²) in [5.41, 5.74) is 0. The van der Waals surface area contributed by atoms with Crippen LogP contribution in [0.2, 0.25) is 0 Å². The van der Waals surface area contributed by atoms with Crippen LogP contribution < -0.4 is 5.32 Å². The van der Waals surface area contributed by atoms with Crippen molar-refractivity contribution in [1.82, 2.24) is 10.2 Å². The minimum Gasteiger partial charge on any atom is -0.455 e. The average molecular weight is 393 g/mol. The van der Waals surface area contributed by atoms with Crippen LogP contribution in [0, 0.1) is 11.8 Å². The number of ether oxygens (including phenoxy) is 1. The molecule has 2 atom stereocenters. The van der Waals surface area contributed by atoms with E-state index in [9.17, 15) is 14.4 Å². The fraction of sp³-hybridized carbons (Fsp3) is 0.650. The lowest BCUT2D eigenvalue weighted by molar-refractivity contribution is -0.154. The fourth-order valence-corrected chi connectivity index (χ4v) is 4.60. The monoisotopic (exact) mass is 392 g/mol. The van der Waals surface area contributed by atoms with Gasteiger partial charge in [-0.3, -0.25) is 14.4 Å². The Morgan fingerprint density at radius 3 is 2.59 bits per heavy atom. The lowest BCUT2D eigenvalue weighted by Crippen LogP contribution is -2.44. The van der Waals surface area contributed by atoms with E-state index >= 15 is 0 Å². The SMILES string of the molecule is C[C@H]1CCCC[C@@H]1NC(=O)COC(=O)C1CCN(C(=O)c2cccs2)CC1. The second-order valence-electron chi connectivity index (χ2n) is 7.59. The van der Waals surface area contributed by atoms with Gasteiger partial charge in [-0.2, -0.15) is 0 Å². The third-order valence-corrected chi connectivity index (χ3v) is 6.51. The van der Waals surface area contributed by atoms with Crippen molar-refractivity contribution < 1.29 is 19.1 Å². The van der Waals surface area contributed by atoms with Gasteiger partial charge in [0.15, 0.2) is 6.61 Å². The quantitative estimate of drug-likeness (QED) is 0.782. The van der Waals surface area contributed by atoms with E-state index in [1.807, 2.05) is 17.5 Å². The molecule has 2 fully saturated rings. The Bertz CT molecular complexity index is 653. The number of nitrogens with zero attached hydrogens (tertiary/aromatic N) is 1. The number of likely N-dealkylation sites (tertiary alicyclic amines) is 1. The van der Waals surface area contributed by atoms with Crippen molar-refractivity contribution in [3.63, 3.8) is 0 Å². The number of piperidine rings is 1. The first-order valence-corrected chi connectivity index (χ1v) is 10.7. The molecule has 1 aliphatic carbocycles. The van der Waals surface area contributed by atoms with E-state index in [2.05, 4.69) is 12.2 Å². The van der Waals surface area contributed by atoms with E-state index in [-0.39, 0.29) is 36.4 Å². The van der Waals surface area contributed by atoms with Crippen molar-refractivity contribution >= 4 is 29.1 Å². The van der Waals surface area contributed by atoms with Gasteiger partial charge >= 0.3 is 5.97 Å². The van der Waals surface area contributed by atoms with Crippen molar-refractivity contribution in [2.24, 2.45) is 11.8 Å². The molecule has 148 valence electrons. The van der Waals surface area contributed by atoms with Crippen LogP contribution >= 0.6 is 11.3 Å². The third kappa shape index (κ3) is 5.31. The highest BCUT2D eigenvalue weighted by atomic mass is 32.1. The highest BCUT2D eigenvalue weighted by molar-refractivity contribution is 7.12. The highest BCUT2D eigenvalue weighted by Crippen LogP contribution is 2.24. The van der Waals surface area contributed by atoms with Gasteiger partial charge in [0.2, 0.25) is 0 Å². The van der Waals surface area contributed by atoms with Crippen LogP contribution in [-0.4, -0.2) is 48.4 Å². The van der Waals surface area contributed by atoms with Gasteiger partial charge in [-0.1, -0.05) is 25.8 Å². The third-order valence-electron chi connectivity index (χ3n) is 5.65. The number of rotatable bonds is 5. The number of thiophene rings is 1. The summed E-state index contributed by atoms with van der Waals surface area (Å²) in [6.45, 7) is 3.03. The molecule has 2 amide bonds. The molecule has 0 bridgehead atoms. The highest BCUT2D eigenvalue weighted by Gasteiger charge is 2.30. The van der Waals surface area contributed by atoms with Crippen LogP contribution in [0.5, 0.6) is 0 Å². The van der Waals surface area contributed by atoms with Crippen LogP contribution in [-0.2, 0) is 14.3 Å². The van der Waals surface area contributed by atoms with Crippen LogP contribution in [0.15, 0.2) is 17.5 Å². The van der Waals surface area contributed by atoms with Crippen LogP contribution in [0.1, 0.15) is 55.1 Å². The Morgan fingerprint density at radius 2 is 1.93 bits per heavy atom. The first-order chi connectivity index (χ1) is 13.0. The number of carbonyl (C=O) groups is 3. The predicted molar refractivity (Wildman–Crippen MR) is 103 cm³/mol. The molecule has 0 spiro atoms. The van der Waals surface area contributed by atoms with Crippen molar-refractivity contribution in [1.29, 1.82) is 0 Å². The number of hydrogen-bond acceptors (Lipinski definition) is 5. The maximum absolute atomic E-state index is 12.3. The van der Waals surface area contributed by atoms with E-state index in [4.69, 9.17) is 4.74 Å². The average Bonchev–Trinajstić information content (AvgIpc) is 3.22. The standard InChI is InChI=1S/C20H28N2O4S/c1-14-5-2-3-6-16(14)21-18(23)13-26-20(25)15-8-10-22(11-9-15)19(24)17-7-4-12-27-17/h4,7,12,14-16H,2-3,5-6,8-11,13H2,1H3,(H,21,23)/t14-,16-/m0/s1. The van der Waals surface area contributed by atoms with Crippen molar-refractivity contribution in [3.8, 4) is 0 Å². The summed E-state index contributed by atoms with van der Waals surface area (Å²) in [6.07, 6.45) is 5.65. The smallest absolute Gasteiger partial charge is 0.309 e. The van der Waals surface area contributed by atoms with Crippen LogP contribution in [0.25, 0.3) is 0 Å². The Hall–Kier alpha value is -1.89. The van der Waals surface area contributed by atoms with Crippen molar-refractivity contribution in [2.45, 2.75) is 51.5 Å². The minimum absolute atomic E-state index is 0.0257. The molecule has 6 nitrogen and oxygen atoms in total. The maximum atomic E-state index is 12.3. The van der Waals surface area contributed by atoms with Crippen molar-refractivity contribution in [2.75, 3.05) is 19.7 Å². The molecule has 1 aromatic heterocycles. The van der Waals surface area contributed by atoms with E-state index < -0.39 is 0 Å². The Balaban J connectivity index is 1.38. The number of nitrogens with one attached hydrogen (secondary N) is 1. The summed E-state index contributed by atoms with van der Waals surface area (Å²) in [5.74, 6) is -0.280. The molecule has 2 heterocycles. The summed E-state index contributed by atoms with van der Waals surface area (Å²) in [6, 6.07) is 3.87. The molecule has 7 heteroatoms. The van der Waals surface area contributed by atoms with Gasteiger partial charge in [0.25, 0.3) is 11.8 Å². The molecule has 0 radical (unpaired) electrons. The summed E-state index contributed by atoms with van der Waals surface area (Å²) in [5, 5.41) is 4.88. The maximum Gasteiger partial charge on any atom is 0.309 e. The van der Waals surface area contributed by atoms with E-state index in [1.165, 1.54) is 17.8 Å². The summed E-state index contributed by atoms with van der Waals surface area (Å²) in [4.78, 5) is 39.2. The molecule has 2 aliphatic rings. The minimum atomic E-state index is -0.329. The molecule has 0 aromatic carbocycles. The van der Waals surface area contributed by atoms with Gasteiger partial charge in [0.1, 0.15) is 0 Å². The van der Waals surface area contributed by atoms with Gasteiger partial charge in [0.05, 0.1) is 10.8 Å². The zero-order chi connectivity index (χ0) is 19.2. The first-order valence-electron chi connectivity index (χ1n) is 9.83. The first kappa shape index (κ1) is 19.9. The molecule has 1 saturated heterocycles. The zero-order valence-electron chi connectivity index (χ0n) is 15.8. The molecule has 27 heavy (non-hydrogen) atoms. The Kier molecular flexibility index (Phi) is 6.88. The van der Waals surface area contributed by atoms with Crippen LogP contribution in [0.3, 0.4) is 0 Å². The fourth-order valence-electron chi connectivity index (χ4n) is 3.91. The lowest BCUT2D eigenvalue weighted by atomic mass is 9.86. The molecular weight excluding hydrogens is 364 g/mol. The van der Waals surface area contributed by atoms with Gasteiger partial charge in [-0.15, -0.1) is 11.3 Å². The molecule has 3 rings (SSSR count). The van der Waals surface area contributed by atoms with E-state index in [0.717, 1.165) is 24.1 Å². The van der Waals surface area contributed by atoms with Gasteiger partial charge < -0.3 is 15.0 Å². The Morgan fingerprint density at radius 1 is 1.19 bits per heavy atom. The zero-order valence-corrected chi connectivity index (χ0v) is 16.6.